The van der Waals surface area contributed by atoms with Gasteiger partial charge in [0, 0.05) is 5.56 Å². The van der Waals surface area contributed by atoms with Gasteiger partial charge in [0.1, 0.15) is 0 Å². The lowest BCUT2D eigenvalue weighted by atomic mass is 9.99. The lowest BCUT2D eigenvalue weighted by Gasteiger charge is -2.17. The monoisotopic (exact) mass is 269 g/mol. The Kier molecular flexibility index (Phi) is 3.53. The number of aliphatic hydroxyl groups excluding tert-OH is 1. The molecule has 0 saturated carbocycles. The van der Waals surface area contributed by atoms with E-state index >= 15 is 0 Å². The number of aliphatic hydroxyl groups is 1. The zero-order chi connectivity index (χ0) is 13.4. The van der Waals surface area contributed by atoms with Crippen LogP contribution in [-0.2, 0) is 11.0 Å². The van der Waals surface area contributed by atoms with Gasteiger partial charge in [0.25, 0.3) is 0 Å². The van der Waals surface area contributed by atoms with Crippen molar-refractivity contribution in [3.05, 3.63) is 28.3 Å². The number of carboxylic acids is 1. The van der Waals surface area contributed by atoms with Gasteiger partial charge in [-0.2, -0.15) is 13.2 Å². The molecule has 0 amide bonds. The lowest BCUT2D eigenvalue weighted by Crippen LogP contribution is -2.19. The van der Waals surface area contributed by atoms with E-state index in [1.54, 1.807) is 0 Å². The molecule has 1 unspecified atom stereocenters. The standard InChI is InChI=1S/C9H7ClF3NO3/c10-4-2-1-3(9(11,12)13)5(6(4)14)7(15)8(16)17/h1-2,7,15H,14H2,(H,16,17). The first kappa shape index (κ1) is 13.6. The van der Waals surface area contributed by atoms with Gasteiger partial charge in [0.05, 0.1) is 16.3 Å². The molecule has 0 radical (unpaired) electrons. The number of rotatable bonds is 2. The molecule has 0 saturated heterocycles. The van der Waals surface area contributed by atoms with Crippen molar-refractivity contribution in [1.82, 2.24) is 0 Å². The van der Waals surface area contributed by atoms with E-state index in [0.29, 0.717) is 6.07 Å². The van der Waals surface area contributed by atoms with Crippen LogP contribution in [0.15, 0.2) is 12.1 Å². The SMILES string of the molecule is Nc1c(Cl)ccc(C(F)(F)F)c1C(O)C(=O)O. The quantitative estimate of drug-likeness (QED) is 0.718. The number of anilines is 1. The fraction of sp³-hybridized carbons (Fsp3) is 0.222. The highest BCUT2D eigenvalue weighted by atomic mass is 35.5. The number of carboxylic acid groups (broad SMARTS) is 1. The zero-order valence-corrected chi connectivity index (χ0v) is 8.88. The van der Waals surface area contributed by atoms with Crippen LogP contribution in [0.3, 0.4) is 0 Å². The molecule has 17 heavy (non-hydrogen) atoms. The van der Waals surface area contributed by atoms with Crippen molar-refractivity contribution in [2.24, 2.45) is 0 Å². The Bertz CT molecular complexity index is 462. The number of nitrogens with two attached hydrogens (primary N) is 1. The summed E-state index contributed by atoms with van der Waals surface area (Å²) in [6.07, 6.45) is -7.21. The van der Waals surface area contributed by atoms with Crippen molar-refractivity contribution >= 4 is 23.3 Å². The van der Waals surface area contributed by atoms with Crippen molar-refractivity contribution in [2.45, 2.75) is 12.3 Å². The van der Waals surface area contributed by atoms with Gasteiger partial charge in [-0.1, -0.05) is 11.6 Å². The molecule has 94 valence electrons. The normalized spacial score (nSPS) is 13.5. The van der Waals surface area contributed by atoms with E-state index in [4.69, 9.17) is 22.4 Å². The summed E-state index contributed by atoms with van der Waals surface area (Å²) in [6, 6.07) is 1.46. The van der Waals surface area contributed by atoms with Crippen LogP contribution in [0.2, 0.25) is 5.02 Å². The molecule has 1 atom stereocenters. The molecule has 0 aromatic heterocycles. The minimum Gasteiger partial charge on any atom is -0.479 e. The summed E-state index contributed by atoms with van der Waals surface area (Å²) < 4.78 is 37.7. The molecule has 0 spiro atoms. The molecule has 1 aromatic rings. The van der Waals surface area contributed by atoms with Crippen molar-refractivity contribution in [3.8, 4) is 0 Å². The van der Waals surface area contributed by atoms with Crippen LogP contribution >= 0.6 is 11.6 Å². The Morgan fingerprint density at radius 2 is 1.94 bits per heavy atom. The molecule has 4 nitrogen and oxygen atoms in total. The Labute approximate surface area is 98.4 Å². The van der Waals surface area contributed by atoms with Crippen LogP contribution in [0.5, 0.6) is 0 Å². The first-order valence-corrected chi connectivity index (χ1v) is 4.60. The van der Waals surface area contributed by atoms with E-state index in [9.17, 15) is 23.1 Å². The van der Waals surface area contributed by atoms with Crippen LogP contribution in [0.1, 0.15) is 17.2 Å². The molecular formula is C9H7ClF3NO3. The molecule has 0 bridgehead atoms. The molecule has 4 N–H and O–H groups in total. The van der Waals surface area contributed by atoms with Gasteiger partial charge >= 0.3 is 12.1 Å². The van der Waals surface area contributed by atoms with Crippen LogP contribution in [0.4, 0.5) is 18.9 Å². The summed E-state index contributed by atoms with van der Waals surface area (Å²) in [6.45, 7) is 0. The number of benzene rings is 1. The van der Waals surface area contributed by atoms with E-state index in [1.807, 2.05) is 0 Å². The van der Waals surface area contributed by atoms with Gasteiger partial charge < -0.3 is 15.9 Å². The summed E-state index contributed by atoms with van der Waals surface area (Å²) in [5, 5.41) is 17.5. The van der Waals surface area contributed by atoms with Crippen molar-refractivity contribution in [2.75, 3.05) is 5.73 Å². The number of hydrogen-bond donors (Lipinski definition) is 3. The fourth-order valence-corrected chi connectivity index (χ4v) is 1.44. The summed E-state index contributed by atoms with van der Waals surface area (Å²) in [5.41, 5.74) is 2.39. The first-order chi connectivity index (χ1) is 7.66. The second kappa shape index (κ2) is 4.42. The Morgan fingerprint density at radius 3 is 2.35 bits per heavy atom. The van der Waals surface area contributed by atoms with Gasteiger partial charge in [-0.15, -0.1) is 0 Å². The largest absolute Gasteiger partial charge is 0.479 e. The molecule has 1 rings (SSSR count). The van der Waals surface area contributed by atoms with Gasteiger partial charge in [-0.3, -0.25) is 0 Å². The van der Waals surface area contributed by atoms with Crippen LogP contribution < -0.4 is 5.73 Å². The molecule has 0 fully saturated rings. The van der Waals surface area contributed by atoms with Crippen LogP contribution in [0, 0.1) is 0 Å². The third kappa shape index (κ3) is 2.62. The third-order valence-corrected chi connectivity index (χ3v) is 2.38. The number of carbonyl (C=O) groups is 1. The summed E-state index contributed by atoms with van der Waals surface area (Å²) >= 11 is 5.49. The van der Waals surface area contributed by atoms with Gasteiger partial charge in [0.15, 0.2) is 6.10 Å². The van der Waals surface area contributed by atoms with Crippen LogP contribution in [-0.4, -0.2) is 16.2 Å². The molecule has 0 aliphatic heterocycles. The first-order valence-electron chi connectivity index (χ1n) is 4.22. The van der Waals surface area contributed by atoms with Crippen molar-refractivity contribution in [1.29, 1.82) is 0 Å². The Balaban J connectivity index is 3.53. The van der Waals surface area contributed by atoms with E-state index in [1.165, 1.54) is 0 Å². The predicted molar refractivity (Wildman–Crippen MR) is 53.5 cm³/mol. The van der Waals surface area contributed by atoms with Gasteiger partial charge in [-0.25, -0.2) is 4.79 Å². The van der Waals surface area contributed by atoms with E-state index in [2.05, 4.69) is 0 Å². The highest BCUT2D eigenvalue weighted by Gasteiger charge is 2.38. The van der Waals surface area contributed by atoms with Crippen molar-refractivity contribution in [3.63, 3.8) is 0 Å². The van der Waals surface area contributed by atoms with Crippen molar-refractivity contribution < 1.29 is 28.2 Å². The average Bonchev–Trinajstić information content (AvgIpc) is 2.19. The van der Waals surface area contributed by atoms with Gasteiger partial charge in [-0.05, 0) is 12.1 Å². The second-order valence-electron chi connectivity index (χ2n) is 3.16. The number of alkyl halides is 3. The van der Waals surface area contributed by atoms with E-state index in [-0.39, 0.29) is 5.02 Å². The van der Waals surface area contributed by atoms with E-state index < -0.39 is 35.1 Å². The number of aliphatic carboxylic acids is 1. The highest BCUT2D eigenvalue weighted by Crippen LogP contribution is 2.40. The zero-order valence-electron chi connectivity index (χ0n) is 8.12. The smallest absolute Gasteiger partial charge is 0.416 e. The maximum absolute atomic E-state index is 12.6. The summed E-state index contributed by atoms with van der Waals surface area (Å²) in [7, 11) is 0. The Morgan fingerprint density at radius 1 is 1.41 bits per heavy atom. The number of hydrogen-bond acceptors (Lipinski definition) is 3. The lowest BCUT2D eigenvalue weighted by molar-refractivity contribution is -0.149. The maximum atomic E-state index is 12.6. The second-order valence-corrected chi connectivity index (χ2v) is 3.57. The molecule has 0 heterocycles. The Hall–Kier alpha value is -1.47. The number of nitrogen functional groups attached to an aromatic ring is 1. The highest BCUT2D eigenvalue weighted by molar-refractivity contribution is 6.33. The average molecular weight is 270 g/mol. The maximum Gasteiger partial charge on any atom is 0.416 e. The molecular weight excluding hydrogens is 263 g/mol. The topological polar surface area (TPSA) is 83.5 Å². The molecule has 0 aliphatic rings. The minimum atomic E-state index is -4.83. The van der Waals surface area contributed by atoms with Crippen LogP contribution in [0.25, 0.3) is 0 Å². The van der Waals surface area contributed by atoms with E-state index in [0.717, 1.165) is 6.07 Å². The van der Waals surface area contributed by atoms with Gasteiger partial charge in [0.2, 0.25) is 0 Å². The molecule has 8 heteroatoms. The molecule has 0 aliphatic carbocycles. The fourth-order valence-electron chi connectivity index (χ4n) is 1.28. The third-order valence-electron chi connectivity index (χ3n) is 2.05. The summed E-state index contributed by atoms with van der Waals surface area (Å²) in [4.78, 5) is 10.5. The predicted octanol–water partition coefficient (Wildman–Crippen LogP) is 2.06. The molecule has 1 aromatic carbocycles. The summed E-state index contributed by atoms with van der Waals surface area (Å²) in [5.74, 6) is -1.84. The number of halogens is 4. The minimum absolute atomic E-state index is 0.256.